The molecule has 2 saturated carbocycles. The molecule has 0 aliphatic heterocycles. The molecular weight excluding hydrogens is 283 g/mol. The van der Waals surface area contributed by atoms with Crippen LogP contribution >= 0.6 is 0 Å². The normalized spacial score (nSPS) is 26.0. The summed E-state index contributed by atoms with van der Waals surface area (Å²) in [5.74, 6) is 1.05. The highest BCUT2D eigenvalue weighted by atomic mass is 19.1. The van der Waals surface area contributed by atoms with Crippen LogP contribution in [-0.4, -0.2) is 11.8 Å². The van der Waals surface area contributed by atoms with Crippen LogP contribution in [0.1, 0.15) is 39.0 Å². The Morgan fingerprint density at radius 2 is 2.05 bits per heavy atom. The first-order chi connectivity index (χ1) is 10.5. The zero-order chi connectivity index (χ0) is 15.7. The van der Waals surface area contributed by atoms with Crippen molar-refractivity contribution in [3.8, 4) is 0 Å². The minimum Gasteiger partial charge on any atom is -0.326 e. The third kappa shape index (κ3) is 3.29. The number of nitrogens with one attached hydrogen (secondary N) is 2. The van der Waals surface area contributed by atoms with E-state index in [0.29, 0.717) is 23.9 Å². The van der Waals surface area contributed by atoms with Crippen molar-refractivity contribution >= 4 is 23.2 Å². The second-order valence-corrected chi connectivity index (χ2v) is 6.56. The van der Waals surface area contributed by atoms with Crippen LogP contribution in [0.5, 0.6) is 0 Å². The second kappa shape index (κ2) is 6.07. The molecule has 1 aromatic carbocycles. The van der Waals surface area contributed by atoms with Gasteiger partial charge in [-0.25, -0.2) is 4.39 Å². The highest BCUT2D eigenvalue weighted by Gasteiger charge is 2.40. The van der Waals surface area contributed by atoms with Gasteiger partial charge in [0.05, 0.1) is 5.69 Å². The van der Waals surface area contributed by atoms with Crippen molar-refractivity contribution in [1.82, 2.24) is 0 Å². The van der Waals surface area contributed by atoms with Crippen LogP contribution < -0.4 is 10.6 Å². The van der Waals surface area contributed by atoms with Gasteiger partial charge in [0.15, 0.2) is 0 Å². The lowest BCUT2D eigenvalue weighted by molar-refractivity contribution is -0.117. The van der Waals surface area contributed by atoms with Gasteiger partial charge in [-0.1, -0.05) is 6.42 Å². The molecule has 2 N–H and O–H groups in total. The summed E-state index contributed by atoms with van der Waals surface area (Å²) < 4.78 is 13.8. The van der Waals surface area contributed by atoms with Crippen LogP contribution in [0.4, 0.5) is 15.8 Å². The quantitative estimate of drug-likeness (QED) is 0.893. The number of halogens is 1. The number of carbonyl (C=O) groups excluding carboxylic acids is 2. The van der Waals surface area contributed by atoms with Crippen molar-refractivity contribution in [1.29, 1.82) is 0 Å². The largest absolute Gasteiger partial charge is 0.326 e. The van der Waals surface area contributed by atoms with Gasteiger partial charge in [0, 0.05) is 19.0 Å². The zero-order valence-electron chi connectivity index (χ0n) is 12.7. The molecule has 1 aromatic rings. The van der Waals surface area contributed by atoms with Gasteiger partial charge < -0.3 is 10.6 Å². The first kappa shape index (κ1) is 15.0. The molecule has 0 radical (unpaired) electrons. The highest BCUT2D eigenvalue weighted by molar-refractivity contribution is 5.93. The molecule has 0 aromatic heterocycles. The Hall–Kier alpha value is -1.91. The molecule has 0 heterocycles. The van der Waals surface area contributed by atoms with E-state index in [4.69, 9.17) is 0 Å². The first-order valence-electron chi connectivity index (χ1n) is 7.88. The van der Waals surface area contributed by atoms with Crippen LogP contribution in [0.3, 0.4) is 0 Å². The summed E-state index contributed by atoms with van der Waals surface area (Å²) in [6.07, 6.45) is 5.38. The third-order valence-electron chi connectivity index (χ3n) is 4.89. The Bertz CT molecular complexity index is 602. The maximum atomic E-state index is 13.8. The molecule has 0 spiro atoms. The topological polar surface area (TPSA) is 58.2 Å². The van der Waals surface area contributed by atoms with E-state index >= 15 is 0 Å². The van der Waals surface area contributed by atoms with E-state index < -0.39 is 5.82 Å². The molecule has 4 nitrogen and oxygen atoms in total. The summed E-state index contributed by atoms with van der Waals surface area (Å²) in [6.45, 7) is 1.39. The van der Waals surface area contributed by atoms with Gasteiger partial charge in [0.2, 0.25) is 11.8 Å². The molecule has 2 aliphatic carbocycles. The van der Waals surface area contributed by atoms with E-state index in [-0.39, 0.29) is 17.5 Å². The van der Waals surface area contributed by atoms with Crippen molar-refractivity contribution in [2.24, 2.45) is 17.8 Å². The number of amides is 2. The van der Waals surface area contributed by atoms with E-state index in [9.17, 15) is 14.0 Å². The smallest absolute Gasteiger partial charge is 0.224 e. The fourth-order valence-electron chi connectivity index (χ4n) is 3.97. The number of carbonyl (C=O) groups is 2. The molecule has 22 heavy (non-hydrogen) atoms. The van der Waals surface area contributed by atoms with Crippen LogP contribution in [0.2, 0.25) is 0 Å². The van der Waals surface area contributed by atoms with Gasteiger partial charge in [-0.2, -0.15) is 0 Å². The van der Waals surface area contributed by atoms with Crippen LogP contribution in [-0.2, 0) is 9.59 Å². The van der Waals surface area contributed by atoms with Crippen LogP contribution in [0.15, 0.2) is 18.2 Å². The number of hydrogen-bond donors (Lipinski definition) is 2. The predicted octanol–water partition coefficient (Wildman–Crippen LogP) is 3.55. The molecule has 0 saturated heterocycles. The standard InChI is InChI=1S/C17H21FN2O2/c1-10(21)19-14-4-5-15(18)16(9-14)20-17(22)8-13-7-11-2-3-12(13)6-11/h4-5,9,11-13H,2-3,6-8H2,1H3,(H,19,21)(H,20,22). The average molecular weight is 304 g/mol. The Labute approximate surface area is 129 Å². The van der Waals surface area contributed by atoms with Gasteiger partial charge in [-0.15, -0.1) is 0 Å². The van der Waals surface area contributed by atoms with E-state index in [1.807, 2.05) is 0 Å². The molecule has 2 fully saturated rings. The third-order valence-corrected chi connectivity index (χ3v) is 4.89. The highest BCUT2D eigenvalue weighted by Crippen LogP contribution is 2.49. The number of fused-ring (bicyclic) bond motifs is 2. The Morgan fingerprint density at radius 3 is 2.68 bits per heavy atom. The summed E-state index contributed by atoms with van der Waals surface area (Å²) >= 11 is 0. The molecule has 3 rings (SSSR count). The molecule has 2 aliphatic rings. The van der Waals surface area contributed by atoms with Crippen molar-refractivity contribution in [2.75, 3.05) is 10.6 Å². The molecule has 2 bridgehead atoms. The Balaban J connectivity index is 1.62. The van der Waals surface area contributed by atoms with Gasteiger partial charge in [-0.3, -0.25) is 9.59 Å². The minimum atomic E-state index is -0.490. The number of benzene rings is 1. The number of anilines is 2. The van der Waals surface area contributed by atoms with Crippen molar-refractivity contribution in [2.45, 2.75) is 39.0 Å². The molecular formula is C17H21FN2O2. The Kier molecular flexibility index (Phi) is 4.14. The van der Waals surface area contributed by atoms with Gasteiger partial charge in [0.25, 0.3) is 0 Å². The zero-order valence-corrected chi connectivity index (χ0v) is 12.7. The molecule has 5 heteroatoms. The average Bonchev–Trinajstić information content (AvgIpc) is 3.04. The van der Waals surface area contributed by atoms with E-state index in [1.165, 1.54) is 44.4 Å². The molecule has 2 amide bonds. The minimum absolute atomic E-state index is 0.124. The lowest BCUT2D eigenvalue weighted by Gasteiger charge is -2.21. The van der Waals surface area contributed by atoms with Gasteiger partial charge in [0.1, 0.15) is 5.82 Å². The van der Waals surface area contributed by atoms with E-state index in [1.54, 1.807) is 0 Å². The summed E-state index contributed by atoms with van der Waals surface area (Å²) in [6, 6.07) is 4.18. The monoisotopic (exact) mass is 304 g/mol. The Morgan fingerprint density at radius 1 is 1.23 bits per heavy atom. The van der Waals surface area contributed by atoms with Crippen LogP contribution in [0, 0.1) is 23.6 Å². The summed E-state index contributed by atoms with van der Waals surface area (Å²) in [4.78, 5) is 23.2. The van der Waals surface area contributed by atoms with E-state index in [2.05, 4.69) is 10.6 Å². The lowest BCUT2D eigenvalue weighted by Crippen LogP contribution is -2.21. The number of rotatable bonds is 4. The van der Waals surface area contributed by atoms with Gasteiger partial charge >= 0.3 is 0 Å². The van der Waals surface area contributed by atoms with E-state index in [0.717, 1.165) is 12.3 Å². The van der Waals surface area contributed by atoms with Crippen molar-refractivity contribution in [3.63, 3.8) is 0 Å². The summed E-state index contributed by atoms with van der Waals surface area (Å²) in [7, 11) is 0. The molecule has 3 atom stereocenters. The van der Waals surface area contributed by atoms with Gasteiger partial charge in [-0.05, 0) is 55.2 Å². The summed E-state index contributed by atoms with van der Waals surface area (Å²) in [5.41, 5.74) is 0.600. The van der Waals surface area contributed by atoms with Crippen molar-refractivity contribution < 1.29 is 14.0 Å². The SMILES string of the molecule is CC(=O)Nc1ccc(F)c(NC(=O)CC2CC3CCC2C3)c1. The van der Waals surface area contributed by atoms with Crippen LogP contribution in [0.25, 0.3) is 0 Å². The summed E-state index contributed by atoms with van der Waals surface area (Å²) in [5, 5.41) is 5.23. The second-order valence-electron chi connectivity index (χ2n) is 6.56. The fourth-order valence-corrected chi connectivity index (χ4v) is 3.97. The maximum Gasteiger partial charge on any atom is 0.224 e. The maximum absolute atomic E-state index is 13.8. The number of hydrogen-bond acceptors (Lipinski definition) is 2. The molecule has 118 valence electrons. The fraction of sp³-hybridized carbons (Fsp3) is 0.529. The first-order valence-corrected chi connectivity index (χ1v) is 7.88. The molecule has 3 unspecified atom stereocenters. The van der Waals surface area contributed by atoms with Crippen molar-refractivity contribution in [3.05, 3.63) is 24.0 Å². The lowest BCUT2D eigenvalue weighted by atomic mass is 9.86. The predicted molar refractivity (Wildman–Crippen MR) is 82.9 cm³/mol.